The number of amides is 1. The molecule has 0 atom stereocenters. The lowest BCUT2D eigenvalue weighted by Crippen LogP contribution is -2.39. The second kappa shape index (κ2) is 8.90. The zero-order valence-corrected chi connectivity index (χ0v) is 16.7. The predicted octanol–water partition coefficient (Wildman–Crippen LogP) is 3.43. The summed E-state index contributed by atoms with van der Waals surface area (Å²) >= 11 is 0. The average Bonchev–Trinajstić information content (AvgIpc) is 3.21. The third-order valence-electron chi connectivity index (χ3n) is 5.60. The van der Waals surface area contributed by atoms with E-state index in [1.807, 2.05) is 53.7 Å². The van der Waals surface area contributed by atoms with Crippen molar-refractivity contribution in [1.29, 1.82) is 0 Å². The fraction of sp³-hybridized carbons (Fsp3) is 0.348. The lowest BCUT2D eigenvalue weighted by atomic mass is 9.92. The van der Waals surface area contributed by atoms with Crippen LogP contribution in [0.3, 0.4) is 0 Å². The molecule has 3 aromatic rings. The molecule has 0 N–H and O–H groups in total. The van der Waals surface area contributed by atoms with Crippen LogP contribution in [0.1, 0.15) is 34.6 Å². The molecule has 1 aromatic heterocycles. The summed E-state index contributed by atoms with van der Waals surface area (Å²) in [6.07, 6.45) is 4.64. The number of aromatic nitrogens is 3. The Bertz CT molecular complexity index is 946. The van der Waals surface area contributed by atoms with Crippen molar-refractivity contribution in [3.8, 4) is 5.75 Å². The average molecular weight is 390 g/mol. The van der Waals surface area contributed by atoms with E-state index in [9.17, 15) is 4.79 Å². The quantitative estimate of drug-likeness (QED) is 0.647. The maximum Gasteiger partial charge on any atom is 0.257 e. The van der Waals surface area contributed by atoms with Crippen LogP contribution < -0.4 is 4.74 Å². The molecule has 0 aliphatic carbocycles. The van der Waals surface area contributed by atoms with E-state index >= 15 is 0 Å². The molecule has 0 radical (unpaired) electrons. The number of methoxy groups -OCH3 is 1. The van der Waals surface area contributed by atoms with Gasteiger partial charge in [-0.05, 0) is 36.5 Å². The summed E-state index contributed by atoms with van der Waals surface area (Å²) in [7, 11) is 1.60. The van der Waals surface area contributed by atoms with Crippen LogP contribution >= 0.6 is 0 Å². The number of para-hydroxylation sites is 1. The SMILES string of the molecule is COc1ccccc1C(=O)N1CCC(Cc2nncn2Cc2ccccc2)CC1. The van der Waals surface area contributed by atoms with E-state index in [1.165, 1.54) is 5.56 Å². The Labute approximate surface area is 171 Å². The fourth-order valence-corrected chi connectivity index (χ4v) is 3.94. The van der Waals surface area contributed by atoms with Gasteiger partial charge in [-0.15, -0.1) is 10.2 Å². The number of ether oxygens (including phenoxy) is 1. The highest BCUT2D eigenvalue weighted by molar-refractivity contribution is 5.97. The number of hydrogen-bond acceptors (Lipinski definition) is 4. The molecular formula is C23H26N4O2. The smallest absolute Gasteiger partial charge is 0.257 e. The molecule has 1 amide bonds. The minimum absolute atomic E-state index is 0.0492. The van der Waals surface area contributed by atoms with Crippen molar-refractivity contribution in [2.75, 3.05) is 20.2 Å². The van der Waals surface area contributed by atoms with Gasteiger partial charge in [-0.2, -0.15) is 0 Å². The number of nitrogens with zero attached hydrogens (tertiary/aromatic N) is 4. The Morgan fingerprint density at radius 2 is 1.79 bits per heavy atom. The summed E-state index contributed by atoms with van der Waals surface area (Å²) in [6, 6.07) is 17.8. The van der Waals surface area contributed by atoms with Crippen molar-refractivity contribution < 1.29 is 9.53 Å². The molecule has 1 aliphatic heterocycles. The summed E-state index contributed by atoms with van der Waals surface area (Å²) in [5, 5.41) is 8.47. The van der Waals surface area contributed by atoms with Crippen LogP contribution in [0.25, 0.3) is 0 Å². The highest BCUT2D eigenvalue weighted by Gasteiger charge is 2.26. The number of rotatable bonds is 6. The Balaban J connectivity index is 1.35. The van der Waals surface area contributed by atoms with Gasteiger partial charge in [-0.3, -0.25) is 4.79 Å². The van der Waals surface area contributed by atoms with Gasteiger partial charge < -0.3 is 14.2 Å². The highest BCUT2D eigenvalue weighted by atomic mass is 16.5. The normalized spacial score (nSPS) is 14.7. The Morgan fingerprint density at radius 1 is 1.07 bits per heavy atom. The van der Waals surface area contributed by atoms with Crippen molar-refractivity contribution in [3.63, 3.8) is 0 Å². The van der Waals surface area contributed by atoms with Gasteiger partial charge in [0.2, 0.25) is 0 Å². The molecule has 1 fully saturated rings. The lowest BCUT2D eigenvalue weighted by Gasteiger charge is -2.32. The van der Waals surface area contributed by atoms with Crippen molar-refractivity contribution in [3.05, 3.63) is 77.9 Å². The molecule has 2 heterocycles. The van der Waals surface area contributed by atoms with Crippen LogP contribution in [0.4, 0.5) is 0 Å². The first-order chi connectivity index (χ1) is 14.2. The maximum atomic E-state index is 12.9. The molecule has 29 heavy (non-hydrogen) atoms. The molecule has 1 saturated heterocycles. The Morgan fingerprint density at radius 3 is 2.55 bits per heavy atom. The third-order valence-corrected chi connectivity index (χ3v) is 5.60. The largest absolute Gasteiger partial charge is 0.496 e. The number of carbonyl (C=O) groups excluding carboxylic acids is 1. The topological polar surface area (TPSA) is 60.2 Å². The van der Waals surface area contributed by atoms with Crippen LogP contribution in [0.2, 0.25) is 0 Å². The number of likely N-dealkylation sites (tertiary alicyclic amines) is 1. The number of benzene rings is 2. The van der Waals surface area contributed by atoms with E-state index in [1.54, 1.807) is 7.11 Å². The van der Waals surface area contributed by atoms with Gasteiger partial charge in [-0.25, -0.2) is 0 Å². The van der Waals surface area contributed by atoms with Gasteiger partial charge in [-0.1, -0.05) is 42.5 Å². The van der Waals surface area contributed by atoms with E-state index in [-0.39, 0.29) is 5.91 Å². The monoisotopic (exact) mass is 390 g/mol. The molecule has 1 aliphatic rings. The van der Waals surface area contributed by atoms with Gasteiger partial charge in [0.1, 0.15) is 17.9 Å². The van der Waals surface area contributed by atoms with Gasteiger partial charge in [0, 0.05) is 19.5 Å². The second-order valence-corrected chi connectivity index (χ2v) is 7.50. The summed E-state index contributed by atoms with van der Waals surface area (Å²) in [6.45, 7) is 2.30. The second-order valence-electron chi connectivity index (χ2n) is 7.50. The zero-order valence-electron chi connectivity index (χ0n) is 16.7. The van der Waals surface area contributed by atoms with E-state index < -0.39 is 0 Å². The van der Waals surface area contributed by atoms with Crippen molar-refractivity contribution in [2.45, 2.75) is 25.8 Å². The Hall–Kier alpha value is -3.15. The van der Waals surface area contributed by atoms with Crippen molar-refractivity contribution in [1.82, 2.24) is 19.7 Å². The minimum Gasteiger partial charge on any atom is -0.496 e. The van der Waals surface area contributed by atoms with Crippen LogP contribution in [0.5, 0.6) is 5.75 Å². The molecule has 6 heteroatoms. The predicted molar refractivity (Wildman–Crippen MR) is 111 cm³/mol. The highest BCUT2D eigenvalue weighted by Crippen LogP contribution is 2.25. The molecule has 150 valence electrons. The molecular weight excluding hydrogens is 364 g/mol. The van der Waals surface area contributed by atoms with Gasteiger partial charge in [0.15, 0.2) is 0 Å². The number of piperidine rings is 1. The van der Waals surface area contributed by atoms with Gasteiger partial charge >= 0.3 is 0 Å². The van der Waals surface area contributed by atoms with Crippen LogP contribution in [-0.4, -0.2) is 45.8 Å². The first-order valence-corrected chi connectivity index (χ1v) is 10.1. The van der Waals surface area contributed by atoms with Gasteiger partial charge in [0.05, 0.1) is 19.2 Å². The van der Waals surface area contributed by atoms with Gasteiger partial charge in [0.25, 0.3) is 5.91 Å². The molecule has 6 nitrogen and oxygen atoms in total. The minimum atomic E-state index is 0.0492. The van der Waals surface area contributed by atoms with Crippen LogP contribution in [-0.2, 0) is 13.0 Å². The van der Waals surface area contributed by atoms with E-state index in [2.05, 4.69) is 26.9 Å². The molecule has 0 spiro atoms. The molecule has 0 saturated carbocycles. The fourth-order valence-electron chi connectivity index (χ4n) is 3.94. The lowest BCUT2D eigenvalue weighted by molar-refractivity contribution is 0.0686. The maximum absolute atomic E-state index is 12.9. The Kier molecular flexibility index (Phi) is 5.89. The summed E-state index contributed by atoms with van der Waals surface area (Å²) in [5.41, 5.74) is 1.88. The molecule has 2 aromatic carbocycles. The van der Waals surface area contributed by atoms with E-state index in [4.69, 9.17) is 4.74 Å². The van der Waals surface area contributed by atoms with Crippen LogP contribution in [0.15, 0.2) is 60.9 Å². The van der Waals surface area contributed by atoms with E-state index in [0.29, 0.717) is 17.2 Å². The van der Waals surface area contributed by atoms with Crippen molar-refractivity contribution in [2.24, 2.45) is 5.92 Å². The first kappa shape index (κ1) is 19.2. The summed E-state index contributed by atoms with van der Waals surface area (Å²) < 4.78 is 7.47. The summed E-state index contributed by atoms with van der Waals surface area (Å²) in [4.78, 5) is 14.8. The molecule has 0 bridgehead atoms. The van der Waals surface area contributed by atoms with Crippen LogP contribution in [0, 0.1) is 5.92 Å². The molecule has 4 rings (SSSR count). The van der Waals surface area contributed by atoms with E-state index in [0.717, 1.165) is 44.7 Å². The standard InChI is InChI=1S/C23H26N4O2/c1-29-21-10-6-5-9-20(21)23(28)26-13-11-18(12-14-26)15-22-25-24-17-27(22)16-19-7-3-2-4-8-19/h2-10,17-18H,11-16H2,1H3. The van der Waals surface area contributed by atoms with Crippen molar-refractivity contribution >= 4 is 5.91 Å². The number of hydrogen-bond donors (Lipinski definition) is 0. The summed E-state index contributed by atoms with van der Waals surface area (Å²) in [5.74, 6) is 2.21. The zero-order chi connectivity index (χ0) is 20.1. The third kappa shape index (κ3) is 4.47. The number of carbonyl (C=O) groups is 1. The molecule has 0 unspecified atom stereocenters. The first-order valence-electron chi connectivity index (χ1n) is 10.1.